The quantitative estimate of drug-likeness (QED) is 0.525. The zero-order valence-corrected chi connectivity index (χ0v) is 17.2. The van der Waals surface area contributed by atoms with E-state index in [1.54, 1.807) is 4.68 Å². The highest BCUT2D eigenvalue weighted by molar-refractivity contribution is 5.78. The molecule has 4 aromatic heterocycles. The zero-order chi connectivity index (χ0) is 20.6. The van der Waals surface area contributed by atoms with Gasteiger partial charge in [0.05, 0.1) is 53.3 Å². The summed E-state index contributed by atoms with van der Waals surface area (Å²) in [5, 5.41) is 22.9. The average Bonchev–Trinajstić information content (AvgIpc) is 3.23. The Hall–Kier alpha value is -3.47. The fourth-order valence-electron chi connectivity index (χ4n) is 5.70. The highest BCUT2D eigenvalue weighted by Crippen LogP contribution is 2.78. The third-order valence-electron chi connectivity index (χ3n) is 6.95. The minimum absolute atomic E-state index is 0.130. The molecule has 2 aliphatic carbocycles. The van der Waals surface area contributed by atoms with Gasteiger partial charge in [-0.1, -0.05) is 6.92 Å². The van der Waals surface area contributed by atoms with Gasteiger partial charge in [-0.3, -0.25) is 9.36 Å². The topological polar surface area (TPSA) is 89.6 Å². The summed E-state index contributed by atoms with van der Waals surface area (Å²) < 4.78 is 5.72. The Kier molecular flexibility index (Phi) is 3.35. The second kappa shape index (κ2) is 5.79. The molecule has 0 spiro atoms. The van der Waals surface area contributed by atoms with E-state index in [9.17, 15) is 5.26 Å². The van der Waals surface area contributed by atoms with E-state index in [2.05, 4.69) is 34.1 Å². The fourth-order valence-corrected chi connectivity index (χ4v) is 5.70. The molecule has 2 fully saturated rings. The first-order valence-electron chi connectivity index (χ1n) is 10.3. The van der Waals surface area contributed by atoms with E-state index in [1.807, 2.05) is 49.3 Å². The highest BCUT2D eigenvalue weighted by atomic mass is 15.3. The summed E-state index contributed by atoms with van der Waals surface area (Å²) in [7, 11) is 1.90. The molecule has 0 aliphatic heterocycles. The van der Waals surface area contributed by atoms with Gasteiger partial charge >= 0.3 is 0 Å². The Bertz CT molecular complexity index is 1330. The number of nitriles is 1. The monoisotopic (exact) mass is 398 g/mol. The van der Waals surface area contributed by atoms with Crippen LogP contribution in [0.25, 0.3) is 28.0 Å². The molecule has 0 amide bonds. The van der Waals surface area contributed by atoms with Crippen LogP contribution in [0.5, 0.6) is 0 Å². The molecular weight excluding hydrogens is 376 g/mol. The molecular formula is C22H22N8. The lowest BCUT2D eigenvalue weighted by Gasteiger charge is -2.28. The summed E-state index contributed by atoms with van der Waals surface area (Å²) in [6.07, 6.45) is 11.4. The van der Waals surface area contributed by atoms with Crippen molar-refractivity contribution in [1.82, 2.24) is 34.2 Å². The van der Waals surface area contributed by atoms with Crippen molar-refractivity contribution in [2.45, 2.75) is 32.7 Å². The zero-order valence-electron chi connectivity index (χ0n) is 17.2. The van der Waals surface area contributed by atoms with Crippen molar-refractivity contribution in [1.29, 1.82) is 5.26 Å². The number of aryl methyl sites for hydroxylation is 2. The Labute approximate surface area is 173 Å². The van der Waals surface area contributed by atoms with Crippen molar-refractivity contribution in [2.75, 3.05) is 0 Å². The van der Waals surface area contributed by atoms with Crippen molar-refractivity contribution in [2.24, 2.45) is 24.3 Å². The molecule has 4 heterocycles. The Balaban J connectivity index is 1.44. The number of nitrogens with zero attached hydrogens (tertiary/aromatic N) is 8. The van der Waals surface area contributed by atoms with E-state index >= 15 is 0 Å². The number of fused-ring (bicyclic) bond motifs is 2. The van der Waals surface area contributed by atoms with Gasteiger partial charge in [0.25, 0.3) is 0 Å². The second-order valence-corrected chi connectivity index (χ2v) is 8.92. The molecule has 2 aliphatic rings. The summed E-state index contributed by atoms with van der Waals surface area (Å²) in [6.45, 7) is 4.26. The van der Waals surface area contributed by atoms with E-state index in [1.165, 1.54) is 0 Å². The van der Waals surface area contributed by atoms with Gasteiger partial charge in [-0.25, -0.2) is 9.50 Å². The van der Waals surface area contributed by atoms with E-state index in [-0.39, 0.29) is 5.41 Å². The number of hydrogen-bond acceptors (Lipinski definition) is 5. The maximum Gasteiger partial charge on any atom is 0.0999 e. The predicted molar refractivity (Wildman–Crippen MR) is 110 cm³/mol. The van der Waals surface area contributed by atoms with Crippen LogP contribution in [0.2, 0.25) is 0 Å². The van der Waals surface area contributed by atoms with Gasteiger partial charge in [0.2, 0.25) is 0 Å². The lowest BCUT2D eigenvalue weighted by molar-refractivity contribution is 0.199. The largest absolute Gasteiger partial charge is 0.275 e. The van der Waals surface area contributed by atoms with Gasteiger partial charge in [0, 0.05) is 42.4 Å². The molecule has 150 valence electrons. The normalized spacial score (nSPS) is 26.9. The minimum Gasteiger partial charge on any atom is -0.275 e. The van der Waals surface area contributed by atoms with Gasteiger partial charge in [0.1, 0.15) is 0 Å². The molecule has 4 aromatic rings. The summed E-state index contributed by atoms with van der Waals surface area (Å²) in [6, 6.07) is 4.76. The maximum atomic E-state index is 9.28. The van der Waals surface area contributed by atoms with Gasteiger partial charge in [-0.15, -0.1) is 0 Å². The number of rotatable bonds is 4. The molecule has 0 N–H and O–H groups in total. The SMILES string of the molecule is Cc1cc2c(-c3cnn(C4C5[C@H](C)C[C@]54CC#N)c3)nc(-c3cnn(C)c3)cn2n1. The number of hydrogen-bond donors (Lipinski definition) is 0. The lowest BCUT2D eigenvalue weighted by Crippen LogP contribution is -2.23. The molecule has 2 unspecified atom stereocenters. The standard InChI is InChI=1S/C22H22N8/c1-13-7-22(4-5-23)19(13)21(22)30-11-16(9-25-30)20-18-6-14(2)27-29(18)12-17(26-20)15-8-24-28(3)10-15/h6,8-13,19,21H,4,7H2,1-3H3/t13-,19?,21?,22-/m1/s1. The van der Waals surface area contributed by atoms with Crippen LogP contribution in [-0.4, -0.2) is 34.2 Å². The third kappa shape index (κ3) is 2.26. The van der Waals surface area contributed by atoms with Crippen molar-refractivity contribution in [3.8, 4) is 28.6 Å². The van der Waals surface area contributed by atoms with Crippen LogP contribution < -0.4 is 0 Å². The molecule has 8 nitrogen and oxygen atoms in total. The highest BCUT2D eigenvalue weighted by Gasteiger charge is 2.75. The molecule has 8 heteroatoms. The molecule has 0 saturated heterocycles. The van der Waals surface area contributed by atoms with E-state index < -0.39 is 0 Å². The van der Waals surface area contributed by atoms with Crippen LogP contribution in [0.4, 0.5) is 0 Å². The molecule has 2 saturated carbocycles. The minimum atomic E-state index is 0.130. The first kappa shape index (κ1) is 17.4. The first-order valence-corrected chi connectivity index (χ1v) is 10.3. The van der Waals surface area contributed by atoms with Crippen LogP contribution in [0, 0.1) is 35.5 Å². The van der Waals surface area contributed by atoms with Crippen molar-refractivity contribution < 1.29 is 0 Å². The van der Waals surface area contributed by atoms with E-state index in [4.69, 9.17) is 10.1 Å². The van der Waals surface area contributed by atoms with Crippen molar-refractivity contribution >= 4 is 5.52 Å². The van der Waals surface area contributed by atoms with Crippen LogP contribution in [-0.2, 0) is 7.05 Å². The molecule has 0 bridgehead atoms. The molecule has 4 atom stereocenters. The van der Waals surface area contributed by atoms with E-state index in [0.717, 1.165) is 40.1 Å². The fraction of sp³-hybridized carbons (Fsp3) is 0.409. The predicted octanol–water partition coefficient (Wildman–Crippen LogP) is 3.41. The number of aromatic nitrogens is 7. The molecule has 30 heavy (non-hydrogen) atoms. The maximum absolute atomic E-state index is 9.28. The summed E-state index contributed by atoms with van der Waals surface area (Å²) in [5.74, 6) is 1.23. The summed E-state index contributed by atoms with van der Waals surface area (Å²) >= 11 is 0. The van der Waals surface area contributed by atoms with Crippen molar-refractivity contribution in [3.05, 3.63) is 42.7 Å². The van der Waals surface area contributed by atoms with E-state index in [0.29, 0.717) is 24.3 Å². The molecule has 0 radical (unpaired) electrons. The van der Waals surface area contributed by atoms with Crippen LogP contribution in [0.3, 0.4) is 0 Å². The van der Waals surface area contributed by atoms with Gasteiger partial charge in [-0.05, 0) is 31.2 Å². The Morgan fingerprint density at radius 1 is 1.20 bits per heavy atom. The Morgan fingerprint density at radius 3 is 2.77 bits per heavy atom. The smallest absolute Gasteiger partial charge is 0.0999 e. The van der Waals surface area contributed by atoms with Gasteiger partial charge in [-0.2, -0.15) is 20.6 Å². The second-order valence-electron chi connectivity index (χ2n) is 8.92. The lowest BCUT2D eigenvalue weighted by atomic mass is 9.74. The van der Waals surface area contributed by atoms with Crippen LogP contribution in [0.1, 0.15) is 31.5 Å². The van der Waals surface area contributed by atoms with Crippen LogP contribution in [0.15, 0.2) is 37.1 Å². The first-order chi connectivity index (χ1) is 14.5. The molecule has 0 aromatic carbocycles. The average molecular weight is 398 g/mol. The van der Waals surface area contributed by atoms with Gasteiger partial charge in [0.15, 0.2) is 0 Å². The van der Waals surface area contributed by atoms with Crippen molar-refractivity contribution in [3.63, 3.8) is 0 Å². The summed E-state index contributed by atoms with van der Waals surface area (Å²) in [5.41, 5.74) is 5.63. The Morgan fingerprint density at radius 2 is 2.03 bits per heavy atom. The molecule has 6 rings (SSSR count). The van der Waals surface area contributed by atoms with Gasteiger partial charge < -0.3 is 0 Å². The third-order valence-corrected chi connectivity index (χ3v) is 6.95. The van der Waals surface area contributed by atoms with Crippen LogP contribution >= 0.6 is 0 Å². The summed E-state index contributed by atoms with van der Waals surface area (Å²) in [4.78, 5) is 4.96.